The van der Waals surface area contributed by atoms with Crippen LogP contribution in [0.25, 0.3) is 16.9 Å². The van der Waals surface area contributed by atoms with E-state index in [0.29, 0.717) is 17.0 Å². The minimum atomic E-state index is -0.524. The quantitative estimate of drug-likeness (QED) is 0.647. The molecule has 7 heteroatoms. The molecule has 0 N–H and O–H groups in total. The van der Waals surface area contributed by atoms with Gasteiger partial charge in [0.1, 0.15) is 17.2 Å². The zero-order chi connectivity index (χ0) is 15.0. The first kappa shape index (κ1) is 14.0. The molecule has 0 spiro atoms. The Labute approximate surface area is 132 Å². The van der Waals surface area contributed by atoms with Gasteiger partial charge in [0.2, 0.25) is 0 Å². The number of hydrogen-bond donors (Lipinski definition) is 0. The van der Waals surface area contributed by atoms with Crippen LogP contribution in [0.2, 0.25) is 0 Å². The van der Waals surface area contributed by atoms with Crippen LogP contribution >= 0.6 is 27.5 Å². The molecule has 0 aliphatic carbocycles. The van der Waals surface area contributed by atoms with Gasteiger partial charge in [-0.3, -0.25) is 4.57 Å². The predicted molar refractivity (Wildman–Crippen MR) is 80.8 cm³/mol. The second-order valence-corrected chi connectivity index (χ2v) is 5.45. The number of alkyl halides is 1. The van der Waals surface area contributed by atoms with E-state index in [1.54, 1.807) is 22.9 Å². The maximum Gasteiger partial charge on any atom is 0.164 e. The van der Waals surface area contributed by atoms with Crippen molar-refractivity contribution in [1.29, 1.82) is 5.26 Å². The highest BCUT2D eigenvalue weighted by molar-refractivity contribution is 9.10. The molecule has 0 radical (unpaired) electrons. The van der Waals surface area contributed by atoms with Crippen molar-refractivity contribution in [2.75, 3.05) is 0 Å². The summed E-state index contributed by atoms with van der Waals surface area (Å²) in [5, 5.41) is 8.81. The zero-order valence-electron chi connectivity index (χ0n) is 10.5. The fourth-order valence-corrected chi connectivity index (χ4v) is 2.59. The summed E-state index contributed by atoms with van der Waals surface area (Å²) in [6.45, 7) is 0. The number of pyridine rings is 1. The molecule has 3 aromatic rings. The van der Waals surface area contributed by atoms with E-state index in [1.807, 2.05) is 6.07 Å². The number of aromatic nitrogens is 3. The van der Waals surface area contributed by atoms with Gasteiger partial charge in [-0.25, -0.2) is 14.4 Å². The maximum atomic E-state index is 14.2. The second-order valence-electron chi connectivity index (χ2n) is 4.27. The molecular weight excluding hydrogens is 359 g/mol. The van der Waals surface area contributed by atoms with Crippen LogP contribution in [0.1, 0.15) is 11.4 Å². The van der Waals surface area contributed by atoms with Gasteiger partial charge in [0.25, 0.3) is 0 Å². The van der Waals surface area contributed by atoms with Crippen LogP contribution in [0.3, 0.4) is 0 Å². The summed E-state index contributed by atoms with van der Waals surface area (Å²) >= 11 is 9.23. The van der Waals surface area contributed by atoms with Gasteiger partial charge >= 0.3 is 0 Å². The highest BCUT2D eigenvalue weighted by Crippen LogP contribution is 2.25. The van der Waals surface area contributed by atoms with Crippen molar-refractivity contribution >= 4 is 38.7 Å². The fourth-order valence-electron chi connectivity index (χ4n) is 2.09. The Morgan fingerprint density at radius 2 is 2.19 bits per heavy atom. The van der Waals surface area contributed by atoms with E-state index in [0.717, 1.165) is 4.47 Å². The van der Waals surface area contributed by atoms with Gasteiger partial charge in [0, 0.05) is 10.7 Å². The van der Waals surface area contributed by atoms with Crippen LogP contribution in [0.5, 0.6) is 0 Å². The lowest BCUT2D eigenvalue weighted by Gasteiger charge is -2.08. The average Bonchev–Trinajstić information content (AvgIpc) is 2.84. The smallest absolute Gasteiger partial charge is 0.164 e. The molecule has 2 aromatic heterocycles. The van der Waals surface area contributed by atoms with Gasteiger partial charge in [-0.2, -0.15) is 5.26 Å². The summed E-state index contributed by atoms with van der Waals surface area (Å²) in [5.74, 6) is 0.0817. The molecule has 4 nitrogen and oxygen atoms in total. The Kier molecular flexibility index (Phi) is 3.62. The Hall–Kier alpha value is -1.97. The predicted octanol–water partition coefficient (Wildman–Crippen LogP) is 3.93. The molecule has 0 fully saturated rings. The Balaban J connectivity index is 2.31. The molecule has 0 saturated carbocycles. The third kappa shape index (κ3) is 2.39. The monoisotopic (exact) mass is 364 g/mol. The molecule has 104 valence electrons. The molecular formula is C14H7BrClFN4. The van der Waals surface area contributed by atoms with E-state index >= 15 is 0 Å². The number of imidazole rings is 1. The zero-order valence-corrected chi connectivity index (χ0v) is 12.9. The summed E-state index contributed by atoms with van der Waals surface area (Å²) in [6, 6.07) is 7.93. The Morgan fingerprint density at radius 3 is 2.86 bits per heavy atom. The number of fused-ring (bicyclic) bond motifs is 1. The van der Waals surface area contributed by atoms with Gasteiger partial charge in [0.15, 0.2) is 5.65 Å². The van der Waals surface area contributed by atoms with Crippen LogP contribution in [0.15, 0.2) is 34.9 Å². The van der Waals surface area contributed by atoms with E-state index in [2.05, 4.69) is 25.9 Å². The first-order valence-corrected chi connectivity index (χ1v) is 7.25. The van der Waals surface area contributed by atoms with Crippen LogP contribution in [0.4, 0.5) is 4.39 Å². The molecule has 0 unspecified atom stereocenters. The van der Waals surface area contributed by atoms with Crippen LogP contribution in [-0.4, -0.2) is 14.5 Å². The number of rotatable bonds is 2. The average molecular weight is 366 g/mol. The number of nitriles is 1. The van der Waals surface area contributed by atoms with Crippen molar-refractivity contribution < 1.29 is 4.39 Å². The number of hydrogen-bond acceptors (Lipinski definition) is 3. The Morgan fingerprint density at radius 1 is 1.38 bits per heavy atom. The minimum absolute atomic E-state index is 0.118. The van der Waals surface area contributed by atoms with E-state index in [-0.39, 0.29) is 17.1 Å². The highest BCUT2D eigenvalue weighted by atomic mass is 79.9. The lowest BCUT2D eigenvalue weighted by atomic mass is 10.2. The summed E-state index contributed by atoms with van der Waals surface area (Å²) in [5.41, 5.74) is 1.65. The SMILES string of the molecule is N#Cc1ccc(-n2c(CCl)nc3cc(Br)cnc32)c(F)c1. The van der Waals surface area contributed by atoms with Crippen molar-refractivity contribution in [2.45, 2.75) is 5.88 Å². The number of nitrogens with zero attached hydrogens (tertiary/aromatic N) is 4. The minimum Gasteiger partial charge on any atom is -0.277 e. The van der Waals surface area contributed by atoms with Crippen LogP contribution in [0, 0.1) is 17.1 Å². The molecule has 3 rings (SSSR count). The van der Waals surface area contributed by atoms with Gasteiger partial charge in [-0.1, -0.05) is 0 Å². The van der Waals surface area contributed by atoms with Crippen molar-refractivity contribution in [3.63, 3.8) is 0 Å². The largest absolute Gasteiger partial charge is 0.277 e. The lowest BCUT2D eigenvalue weighted by Crippen LogP contribution is -2.03. The summed E-state index contributed by atoms with van der Waals surface area (Å²) in [6.07, 6.45) is 1.61. The molecule has 0 aliphatic rings. The number of benzene rings is 1. The second kappa shape index (κ2) is 5.43. The third-order valence-electron chi connectivity index (χ3n) is 2.97. The van der Waals surface area contributed by atoms with E-state index in [9.17, 15) is 4.39 Å². The summed E-state index contributed by atoms with van der Waals surface area (Å²) in [4.78, 5) is 8.63. The standard InChI is InChI=1S/C14H7BrClFN4/c15-9-4-11-14(19-7-9)21(13(5-16)20-11)12-2-1-8(6-18)3-10(12)17/h1-4,7H,5H2. The molecule has 0 amide bonds. The molecule has 0 bridgehead atoms. The van der Waals surface area contributed by atoms with E-state index < -0.39 is 5.82 Å². The lowest BCUT2D eigenvalue weighted by molar-refractivity contribution is 0.617. The van der Waals surface area contributed by atoms with Gasteiger partial charge in [-0.05, 0) is 40.2 Å². The highest BCUT2D eigenvalue weighted by Gasteiger charge is 2.16. The molecule has 0 saturated heterocycles. The molecule has 21 heavy (non-hydrogen) atoms. The normalized spacial score (nSPS) is 10.8. The van der Waals surface area contributed by atoms with Crippen LogP contribution < -0.4 is 0 Å². The molecule has 0 atom stereocenters. The maximum absolute atomic E-state index is 14.2. The molecule has 0 aliphatic heterocycles. The van der Waals surface area contributed by atoms with E-state index in [1.165, 1.54) is 12.1 Å². The van der Waals surface area contributed by atoms with Gasteiger partial charge < -0.3 is 0 Å². The summed E-state index contributed by atoms with van der Waals surface area (Å²) in [7, 11) is 0. The number of halogens is 3. The third-order valence-corrected chi connectivity index (χ3v) is 3.64. The van der Waals surface area contributed by atoms with Crippen molar-refractivity contribution in [2.24, 2.45) is 0 Å². The van der Waals surface area contributed by atoms with Crippen LogP contribution in [-0.2, 0) is 5.88 Å². The van der Waals surface area contributed by atoms with Gasteiger partial charge in [-0.15, -0.1) is 11.6 Å². The summed E-state index contributed by atoms with van der Waals surface area (Å²) < 4.78 is 16.6. The van der Waals surface area contributed by atoms with Crippen molar-refractivity contribution in [1.82, 2.24) is 14.5 Å². The molecule has 1 aromatic carbocycles. The van der Waals surface area contributed by atoms with E-state index in [4.69, 9.17) is 16.9 Å². The Bertz CT molecular complexity index is 885. The first-order chi connectivity index (χ1) is 10.1. The molecule has 2 heterocycles. The first-order valence-electron chi connectivity index (χ1n) is 5.93. The van der Waals surface area contributed by atoms with Gasteiger partial charge in [0.05, 0.1) is 23.2 Å². The topological polar surface area (TPSA) is 54.5 Å². The fraction of sp³-hybridized carbons (Fsp3) is 0.0714. The van der Waals surface area contributed by atoms with Crippen molar-refractivity contribution in [3.8, 4) is 11.8 Å². The van der Waals surface area contributed by atoms with Crippen molar-refractivity contribution in [3.05, 3.63) is 52.1 Å².